The largest absolute Gasteiger partial charge is 0.394 e. The van der Waals surface area contributed by atoms with E-state index in [1.54, 1.807) is 0 Å². The van der Waals surface area contributed by atoms with Crippen LogP contribution >= 0.6 is 0 Å². The Kier molecular flexibility index (Phi) is 40.5. The fourth-order valence-corrected chi connectivity index (χ4v) is 9.98. The summed E-state index contributed by atoms with van der Waals surface area (Å²) >= 11 is 0.452. The van der Waals surface area contributed by atoms with Crippen LogP contribution in [0.15, 0.2) is 24.3 Å². The third-order valence-electron chi connectivity index (χ3n) is 11.9. The Morgan fingerprint density at radius 3 is 1.72 bits per heavy atom. The smallest absolute Gasteiger partial charge is 0.129 e. The topological polar surface area (TPSA) is 159 Å². The van der Waals surface area contributed by atoms with Gasteiger partial charge in [0.1, 0.15) is 31.0 Å². The molecule has 0 aromatic heterocycles. The molecule has 1 saturated heterocycles. The monoisotopic (exact) mass is 1070 g/mol. The summed E-state index contributed by atoms with van der Waals surface area (Å²) in [5, 5.41) is 30.9. The Morgan fingerprint density at radius 2 is 1.19 bits per heavy atom. The molecule has 3 N–H and O–H groups in total. The molecule has 1 aliphatic heterocycles. The van der Waals surface area contributed by atoms with Crippen LogP contribution in [0.25, 0.3) is 0 Å². The first kappa shape index (κ1) is 63.8. The zero-order valence-corrected chi connectivity index (χ0v) is 45.6. The summed E-state index contributed by atoms with van der Waals surface area (Å²) in [7, 11) is 1.44. The predicted molar refractivity (Wildman–Crippen MR) is 265 cm³/mol. The summed E-state index contributed by atoms with van der Waals surface area (Å²) in [6.07, 6.45) is 28.7. The van der Waals surface area contributed by atoms with Gasteiger partial charge in [0.25, 0.3) is 0 Å². The minimum Gasteiger partial charge on any atom is -0.394 e. The fourth-order valence-electron chi connectivity index (χ4n) is 8.14. The second-order valence-electron chi connectivity index (χ2n) is 19.2. The number of rotatable bonds is 45. The number of hydrogen-bond donors (Lipinski definition) is 3. The quantitative estimate of drug-likeness (QED) is 0.0178. The Balaban J connectivity index is 2.86. The standard InChI is InChI=1S/C54H100IO12/c1-8-10-11-12-13-14-15-16-17-18-22-25-28-31-34-37-49(60)66-52-51(67-54(5,6)39-45(57)41-62-44(3)4)50(64-42-46(58)40-56)47(65-53(52)61-7)43-63-48(59)36-33-30-27-24-21-19-20-23-26-29-32-35-38-55-9-2/h16-17,20,23,44-47,50-53,56-58H,8-15,18-19,21-22,24-43H2,1-7H3/q-1/b17-16-,23-20-. The number of methoxy groups -OCH3 is 1. The summed E-state index contributed by atoms with van der Waals surface area (Å²) in [6.45, 7) is 11.0. The van der Waals surface area contributed by atoms with Crippen molar-refractivity contribution >= 4 is 11.9 Å². The SMILES string of the molecule is CCCCCCCC/C=C\CCCCCCCC(=O)OC1C(OC)OC(COC(=O)CCCCCCC/C=C\CCCCC[I-]CC)C(OCC(O)CO)C1OC(C)(C)CC(O)COC(C)C. The van der Waals surface area contributed by atoms with Crippen LogP contribution in [0.4, 0.5) is 0 Å². The van der Waals surface area contributed by atoms with E-state index in [1.165, 1.54) is 80.2 Å². The zero-order chi connectivity index (χ0) is 49.4. The Hall–Kier alpha value is -1.17. The van der Waals surface area contributed by atoms with Gasteiger partial charge < -0.3 is 48.5 Å². The molecule has 0 spiro atoms. The molecule has 0 saturated carbocycles. The van der Waals surface area contributed by atoms with Crippen LogP contribution in [0.3, 0.4) is 0 Å². The number of carbonyl (C=O) groups is 2. The Morgan fingerprint density at radius 1 is 0.672 bits per heavy atom. The molecule has 1 heterocycles. The zero-order valence-electron chi connectivity index (χ0n) is 43.4. The van der Waals surface area contributed by atoms with E-state index in [0.29, 0.717) is 34.0 Å². The number of carbonyl (C=O) groups excluding carboxylic acids is 2. The van der Waals surface area contributed by atoms with Crippen LogP contribution in [0.2, 0.25) is 0 Å². The minimum atomic E-state index is -1.21. The summed E-state index contributed by atoms with van der Waals surface area (Å²) < 4.78 is 45.5. The second kappa shape index (κ2) is 42.5. The molecule has 13 heteroatoms. The molecule has 12 nitrogen and oxygen atoms in total. The first-order valence-electron chi connectivity index (χ1n) is 26.6. The molecule has 1 fully saturated rings. The molecular formula is C54H100IO12-. The molecule has 67 heavy (non-hydrogen) atoms. The molecule has 0 amide bonds. The van der Waals surface area contributed by atoms with E-state index in [1.807, 2.05) is 27.7 Å². The number of halogens is 1. The van der Waals surface area contributed by atoms with E-state index in [2.05, 4.69) is 38.2 Å². The van der Waals surface area contributed by atoms with Crippen molar-refractivity contribution in [2.75, 3.05) is 42.4 Å². The molecule has 1 rings (SSSR count). The Labute approximate surface area is 419 Å². The molecular weight excluding hydrogens is 967 g/mol. The van der Waals surface area contributed by atoms with Crippen molar-refractivity contribution in [1.29, 1.82) is 0 Å². The van der Waals surface area contributed by atoms with Gasteiger partial charge in [-0.15, -0.1) is 0 Å². The molecule has 0 bridgehead atoms. The molecule has 0 aromatic rings. The summed E-state index contributed by atoms with van der Waals surface area (Å²) in [5.41, 5.74) is -1.00. The van der Waals surface area contributed by atoms with E-state index in [0.717, 1.165) is 70.6 Å². The van der Waals surface area contributed by atoms with Crippen LogP contribution in [-0.4, -0.2) is 124 Å². The van der Waals surface area contributed by atoms with Crippen LogP contribution in [0.1, 0.15) is 208 Å². The molecule has 0 aromatic carbocycles. The van der Waals surface area contributed by atoms with Gasteiger partial charge in [-0.05, 0) is 66.2 Å². The molecule has 1 aliphatic rings. The molecule has 7 atom stereocenters. The van der Waals surface area contributed by atoms with E-state index in [4.69, 9.17) is 33.2 Å². The van der Waals surface area contributed by atoms with Crippen molar-refractivity contribution in [2.45, 2.75) is 263 Å². The molecule has 0 aliphatic carbocycles. The average Bonchev–Trinajstić information content (AvgIpc) is 3.29. The molecule has 0 radical (unpaired) electrons. The van der Waals surface area contributed by atoms with Crippen molar-refractivity contribution in [2.24, 2.45) is 0 Å². The normalized spacial score (nSPS) is 20.1. The summed E-state index contributed by atoms with van der Waals surface area (Å²) in [6, 6.07) is 0. The van der Waals surface area contributed by atoms with Gasteiger partial charge in [0, 0.05) is 26.4 Å². The van der Waals surface area contributed by atoms with Crippen molar-refractivity contribution in [3.63, 3.8) is 0 Å². The molecule has 396 valence electrons. The number of hydrogen-bond acceptors (Lipinski definition) is 12. The van der Waals surface area contributed by atoms with Gasteiger partial charge in [-0.2, -0.15) is 0 Å². The van der Waals surface area contributed by atoms with Crippen LogP contribution in [0.5, 0.6) is 0 Å². The third-order valence-corrected chi connectivity index (χ3v) is 14.5. The van der Waals surface area contributed by atoms with Crippen LogP contribution in [-0.2, 0) is 42.7 Å². The number of esters is 2. The second-order valence-corrected chi connectivity index (χ2v) is 22.9. The van der Waals surface area contributed by atoms with Gasteiger partial charge >= 0.3 is 119 Å². The number of allylic oxidation sites excluding steroid dienone is 4. The van der Waals surface area contributed by atoms with Gasteiger partial charge in [-0.3, -0.25) is 9.59 Å². The number of unbranched alkanes of at least 4 members (excludes halogenated alkanes) is 19. The third kappa shape index (κ3) is 34.7. The predicted octanol–water partition coefficient (Wildman–Crippen LogP) is 7.88. The van der Waals surface area contributed by atoms with Crippen LogP contribution in [0, 0.1) is 0 Å². The van der Waals surface area contributed by atoms with E-state index < -0.39 is 61.1 Å². The maximum Gasteiger partial charge on any atom is 0.129 e. The van der Waals surface area contributed by atoms with Gasteiger partial charge in [0.05, 0.1) is 37.6 Å². The number of aliphatic hydroxyl groups is 3. The van der Waals surface area contributed by atoms with Crippen molar-refractivity contribution in [1.82, 2.24) is 0 Å². The maximum atomic E-state index is 13.5. The van der Waals surface area contributed by atoms with Crippen molar-refractivity contribution in [3.8, 4) is 0 Å². The minimum absolute atomic E-state index is 0.0706. The van der Waals surface area contributed by atoms with E-state index in [-0.39, 0.29) is 51.2 Å². The van der Waals surface area contributed by atoms with Gasteiger partial charge in [-0.1, -0.05) is 70.4 Å². The van der Waals surface area contributed by atoms with Crippen LogP contribution < -0.4 is 21.2 Å². The van der Waals surface area contributed by atoms with Crippen molar-refractivity contribution < 1.29 is 79.3 Å². The fraction of sp³-hybridized carbons (Fsp3) is 0.889. The first-order chi connectivity index (χ1) is 32.4. The number of ether oxygens (including phenoxy) is 7. The number of alkyl halides is 2. The van der Waals surface area contributed by atoms with Crippen molar-refractivity contribution in [3.05, 3.63) is 24.3 Å². The Bertz CT molecular complexity index is 1230. The van der Waals surface area contributed by atoms with Gasteiger partial charge in [0.2, 0.25) is 0 Å². The summed E-state index contributed by atoms with van der Waals surface area (Å²) in [4.78, 5) is 26.5. The van der Waals surface area contributed by atoms with E-state index >= 15 is 0 Å². The van der Waals surface area contributed by atoms with Gasteiger partial charge in [0.15, 0.2) is 12.4 Å². The van der Waals surface area contributed by atoms with Gasteiger partial charge in [-0.25, -0.2) is 0 Å². The first-order valence-corrected chi connectivity index (χ1v) is 29.7. The molecule has 7 unspecified atom stereocenters. The van der Waals surface area contributed by atoms with E-state index in [9.17, 15) is 24.9 Å². The number of aliphatic hydroxyl groups excluding tert-OH is 3. The summed E-state index contributed by atoms with van der Waals surface area (Å²) in [5.74, 6) is -0.810. The average molecular weight is 1070 g/mol. The maximum absolute atomic E-state index is 13.5.